The Labute approximate surface area is 128 Å². The zero-order chi connectivity index (χ0) is 15.1. The Morgan fingerprint density at radius 1 is 1.10 bits per heavy atom. The van der Waals surface area contributed by atoms with Crippen molar-refractivity contribution in [2.24, 2.45) is 5.73 Å². The molecule has 1 saturated carbocycles. The first kappa shape index (κ1) is 16.1. The number of likely N-dealkylation sites (N-methyl/N-ethyl adjacent to an activating group) is 1. The van der Waals surface area contributed by atoms with Gasteiger partial charge in [0, 0.05) is 18.6 Å². The van der Waals surface area contributed by atoms with Crippen molar-refractivity contribution < 1.29 is 9.47 Å². The monoisotopic (exact) mass is 292 g/mol. The van der Waals surface area contributed by atoms with E-state index in [1.54, 1.807) is 0 Å². The Morgan fingerprint density at radius 2 is 1.71 bits per heavy atom. The summed E-state index contributed by atoms with van der Waals surface area (Å²) in [4.78, 5) is 2.40. The van der Waals surface area contributed by atoms with Crippen LogP contribution in [0.25, 0.3) is 0 Å². The lowest BCUT2D eigenvalue weighted by molar-refractivity contribution is 0.152. The van der Waals surface area contributed by atoms with E-state index >= 15 is 0 Å². The standard InChI is InChI=1S/C17H28N2O2/c1-3-20-16-6-4-5-7-17(16)21-13-12-19(2)15-10-8-14(18)9-11-15/h4-7,14-15H,3,8-13,18H2,1-2H3. The van der Waals surface area contributed by atoms with Gasteiger partial charge in [-0.25, -0.2) is 0 Å². The maximum Gasteiger partial charge on any atom is 0.161 e. The van der Waals surface area contributed by atoms with Crippen LogP contribution in [0.2, 0.25) is 0 Å². The van der Waals surface area contributed by atoms with E-state index in [0.717, 1.165) is 30.9 Å². The van der Waals surface area contributed by atoms with E-state index in [1.165, 1.54) is 12.8 Å². The Bertz CT molecular complexity index is 417. The molecule has 0 saturated heterocycles. The topological polar surface area (TPSA) is 47.7 Å². The molecule has 2 N–H and O–H groups in total. The summed E-state index contributed by atoms with van der Waals surface area (Å²) in [6, 6.07) is 8.91. The van der Waals surface area contributed by atoms with Crippen LogP contribution in [0.15, 0.2) is 24.3 Å². The molecule has 0 amide bonds. The normalized spacial score (nSPS) is 22.3. The maximum absolute atomic E-state index is 5.96. The van der Waals surface area contributed by atoms with E-state index in [4.69, 9.17) is 15.2 Å². The van der Waals surface area contributed by atoms with Crippen molar-refractivity contribution in [3.63, 3.8) is 0 Å². The van der Waals surface area contributed by atoms with Gasteiger partial charge in [0.2, 0.25) is 0 Å². The van der Waals surface area contributed by atoms with Crippen molar-refractivity contribution in [1.29, 1.82) is 0 Å². The van der Waals surface area contributed by atoms with Crippen molar-refractivity contribution in [2.75, 3.05) is 26.8 Å². The third-order valence-electron chi connectivity index (χ3n) is 4.22. The third-order valence-corrected chi connectivity index (χ3v) is 4.22. The molecular formula is C17H28N2O2. The molecule has 4 heteroatoms. The van der Waals surface area contributed by atoms with E-state index in [1.807, 2.05) is 31.2 Å². The zero-order valence-electron chi connectivity index (χ0n) is 13.3. The van der Waals surface area contributed by atoms with Crippen LogP contribution in [0.1, 0.15) is 32.6 Å². The summed E-state index contributed by atoms with van der Waals surface area (Å²) in [5.41, 5.74) is 5.96. The molecule has 0 aromatic heterocycles. The number of benzene rings is 1. The minimum absolute atomic E-state index is 0.406. The van der Waals surface area contributed by atoms with Gasteiger partial charge in [0.15, 0.2) is 11.5 Å². The minimum Gasteiger partial charge on any atom is -0.490 e. The van der Waals surface area contributed by atoms with Gasteiger partial charge in [-0.3, -0.25) is 0 Å². The van der Waals surface area contributed by atoms with Gasteiger partial charge in [0.1, 0.15) is 6.61 Å². The molecule has 0 unspecified atom stereocenters. The predicted octanol–water partition coefficient (Wildman–Crippen LogP) is 2.67. The largest absolute Gasteiger partial charge is 0.490 e. The summed E-state index contributed by atoms with van der Waals surface area (Å²) in [6.45, 7) is 4.25. The van der Waals surface area contributed by atoms with E-state index in [9.17, 15) is 0 Å². The SMILES string of the molecule is CCOc1ccccc1OCCN(C)C1CCC(N)CC1. The predicted molar refractivity (Wildman–Crippen MR) is 86.0 cm³/mol. The molecule has 4 nitrogen and oxygen atoms in total. The first-order chi connectivity index (χ1) is 10.2. The van der Waals surface area contributed by atoms with Crippen molar-refractivity contribution >= 4 is 0 Å². The highest BCUT2D eigenvalue weighted by Gasteiger charge is 2.21. The molecule has 1 aliphatic rings. The van der Waals surface area contributed by atoms with Gasteiger partial charge in [-0.2, -0.15) is 0 Å². The van der Waals surface area contributed by atoms with Crippen LogP contribution in [-0.4, -0.2) is 43.8 Å². The van der Waals surface area contributed by atoms with E-state index in [0.29, 0.717) is 25.3 Å². The first-order valence-electron chi connectivity index (χ1n) is 8.01. The first-order valence-corrected chi connectivity index (χ1v) is 8.01. The van der Waals surface area contributed by atoms with Crippen LogP contribution >= 0.6 is 0 Å². The highest BCUT2D eigenvalue weighted by atomic mass is 16.5. The number of nitrogens with zero attached hydrogens (tertiary/aromatic N) is 1. The van der Waals surface area contributed by atoms with Crippen molar-refractivity contribution in [2.45, 2.75) is 44.7 Å². The molecule has 0 spiro atoms. The average Bonchev–Trinajstić information content (AvgIpc) is 2.50. The fourth-order valence-corrected chi connectivity index (χ4v) is 2.87. The smallest absolute Gasteiger partial charge is 0.161 e. The van der Waals surface area contributed by atoms with Crippen LogP contribution in [0.5, 0.6) is 11.5 Å². The quantitative estimate of drug-likeness (QED) is 0.839. The lowest BCUT2D eigenvalue weighted by Gasteiger charge is -2.33. The van der Waals surface area contributed by atoms with Crippen molar-refractivity contribution in [3.05, 3.63) is 24.3 Å². The second-order valence-electron chi connectivity index (χ2n) is 5.78. The summed E-state index contributed by atoms with van der Waals surface area (Å²) >= 11 is 0. The van der Waals surface area contributed by atoms with Gasteiger partial charge in [-0.1, -0.05) is 12.1 Å². The van der Waals surface area contributed by atoms with Gasteiger partial charge < -0.3 is 20.1 Å². The molecule has 0 radical (unpaired) electrons. The lowest BCUT2D eigenvalue weighted by atomic mass is 9.91. The van der Waals surface area contributed by atoms with E-state index in [-0.39, 0.29) is 0 Å². The fourth-order valence-electron chi connectivity index (χ4n) is 2.87. The molecule has 0 bridgehead atoms. The lowest BCUT2D eigenvalue weighted by Crippen LogP contribution is -2.40. The van der Waals surface area contributed by atoms with Gasteiger partial charge in [-0.05, 0) is 51.8 Å². The number of rotatable bonds is 7. The summed E-state index contributed by atoms with van der Waals surface area (Å²) in [7, 11) is 2.18. The number of ether oxygens (including phenoxy) is 2. The van der Waals surface area contributed by atoms with Crippen molar-refractivity contribution in [1.82, 2.24) is 4.90 Å². The zero-order valence-corrected chi connectivity index (χ0v) is 13.3. The summed E-state index contributed by atoms with van der Waals surface area (Å²) in [5.74, 6) is 1.66. The van der Waals surface area contributed by atoms with Crippen LogP contribution in [0.3, 0.4) is 0 Å². The van der Waals surface area contributed by atoms with Crippen LogP contribution in [-0.2, 0) is 0 Å². The molecule has 0 heterocycles. The molecular weight excluding hydrogens is 264 g/mol. The summed E-state index contributed by atoms with van der Waals surface area (Å²) in [6.07, 6.45) is 4.69. The second kappa shape index (κ2) is 8.25. The van der Waals surface area contributed by atoms with Crippen LogP contribution in [0, 0.1) is 0 Å². The number of hydrogen-bond acceptors (Lipinski definition) is 4. The average molecular weight is 292 g/mol. The summed E-state index contributed by atoms with van der Waals surface area (Å²) in [5, 5.41) is 0. The Balaban J connectivity index is 1.76. The summed E-state index contributed by atoms with van der Waals surface area (Å²) < 4.78 is 11.5. The Morgan fingerprint density at radius 3 is 2.33 bits per heavy atom. The minimum atomic E-state index is 0.406. The van der Waals surface area contributed by atoms with Crippen molar-refractivity contribution in [3.8, 4) is 11.5 Å². The molecule has 1 aromatic rings. The number of hydrogen-bond donors (Lipinski definition) is 1. The number of nitrogens with two attached hydrogens (primary N) is 1. The van der Waals surface area contributed by atoms with Crippen LogP contribution < -0.4 is 15.2 Å². The fraction of sp³-hybridized carbons (Fsp3) is 0.647. The highest BCUT2D eigenvalue weighted by molar-refractivity contribution is 5.39. The molecule has 1 aliphatic carbocycles. The molecule has 21 heavy (non-hydrogen) atoms. The van der Waals surface area contributed by atoms with E-state index < -0.39 is 0 Å². The highest BCUT2D eigenvalue weighted by Crippen LogP contribution is 2.26. The molecule has 118 valence electrons. The maximum atomic E-state index is 5.96. The molecule has 0 atom stereocenters. The molecule has 1 aromatic carbocycles. The Hall–Kier alpha value is -1.26. The van der Waals surface area contributed by atoms with Gasteiger partial charge >= 0.3 is 0 Å². The molecule has 2 rings (SSSR count). The molecule has 1 fully saturated rings. The van der Waals surface area contributed by atoms with E-state index in [2.05, 4.69) is 11.9 Å². The van der Waals surface area contributed by atoms with Gasteiger partial charge in [-0.15, -0.1) is 0 Å². The van der Waals surface area contributed by atoms with Gasteiger partial charge in [0.25, 0.3) is 0 Å². The van der Waals surface area contributed by atoms with Crippen LogP contribution in [0.4, 0.5) is 0 Å². The third kappa shape index (κ3) is 4.90. The van der Waals surface area contributed by atoms with Gasteiger partial charge in [0.05, 0.1) is 6.61 Å². The molecule has 0 aliphatic heterocycles. The Kier molecular flexibility index (Phi) is 6.33. The second-order valence-corrected chi connectivity index (χ2v) is 5.78. The number of para-hydroxylation sites is 2.